The van der Waals surface area contributed by atoms with Gasteiger partial charge in [-0.1, -0.05) is 27.7 Å². The van der Waals surface area contributed by atoms with E-state index in [4.69, 9.17) is 24.4 Å². The van der Waals surface area contributed by atoms with E-state index in [1.54, 1.807) is 25.0 Å². The molecule has 0 aromatic heterocycles. The highest BCUT2D eigenvalue weighted by Gasteiger charge is 2.34. The van der Waals surface area contributed by atoms with Crippen LogP contribution in [0, 0.1) is 11.2 Å². The van der Waals surface area contributed by atoms with Crippen molar-refractivity contribution < 1.29 is 38.0 Å². The van der Waals surface area contributed by atoms with Crippen LogP contribution in [0.1, 0.15) is 74.0 Å². The number of nitrogens with zero attached hydrogens (tertiary/aromatic N) is 2. The summed E-state index contributed by atoms with van der Waals surface area (Å²) in [5.74, 6) is -1.09. The molecule has 2 N–H and O–H groups in total. The van der Waals surface area contributed by atoms with Crippen LogP contribution in [0.4, 0.5) is 10.1 Å². The van der Waals surface area contributed by atoms with Crippen molar-refractivity contribution in [3.8, 4) is 17.2 Å². The molecular weight excluding hydrogens is 557 g/mol. The molecule has 0 radical (unpaired) electrons. The standard InChI is InChI=1S/C32H42FN3O7/c1-8-24(31(38)39)43-20-9-11-35(12-10-20)22-14-18(13-21(28(22)41-6)32(2,3)4)23(37)17-36-16-19-15-25(40-5)29(42-7)27(33)26(19)30(36)34/h13-15,20,24,34H,8-12,16-17H2,1-7H3,(H,38,39). The number of Topliss-reactive ketones (excluding diaryl/α,β-unsaturated/α-hetero) is 1. The summed E-state index contributed by atoms with van der Waals surface area (Å²) < 4.78 is 37.5. The van der Waals surface area contributed by atoms with Crippen LogP contribution in [0.25, 0.3) is 0 Å². The van der Waals surface area contributed by atoms with Crippen LogP contribution in [0.5, 0.6) is 17.2 Å². The smallest absolute Gasteiger partial charge is 0.332 e. The van der Waals surface area contributed by atoms with Crippen molar-refractivity contribution >= 4 is 23.3 Å². The number of benzene rings is 2. The molecule has 2 aromatic carbocycles. The van der Waals surface area contributed by atoms with Gasteiger partial charge in [0.1, 0.15) is 11.6 Å². The molecule has 1 saturated heterocycles. The highest BCUT2D eigenvalue weighted by molar-refractivity contribution is 6.06. The fourth-order valence-electron chi connectivity index (χ4n) is 5.80. The SMILES string of the molecule is CCC(OC1CCN(c2cc(C(=O)CN3Cc4cc(OC)c(OC)c(F)c4C3=N)cc(C(C)(C)C)c2OC)CC1)C(=O)O. The Bertz CT molecular complexity index is 1400. The van der Waals surface area contributed by atoms with E-state index in [0.29, 0.717) is 49.2 Å². The number of anilines is 1. The molecule has 10 nitrogen and oxygen atoms in total. The summed E-state index contributed by atoms with van der Waals surface area (Å²) in [6.45, 7) is 9.23. The monoisotopic (exact) mass is 599 g/mol. The number of rotatable bonds is 11. The molecular formula is C32H42FN3O7. The van der Waals surface area contributed by atoms with Crippen molar-refractivity contribution in [1.29, 1.82) is 5.41 Å². The van der Waals surface area contributed by atoms with Gasteiger partial charge >= 0.3 is 5.97 Å². The molecule has 0 aliphatic carbocycles. The van der Waals surface area contributed by atoms with Crippen molar-refractivity contribution in [2.75, 3.05) is 45.9 Å². The van der Waals surface area contributed by atoms with Crippen LogP contribution in [0.2, 0.25) is 0 Å². The van der Waals surface area contributed by atoms with E-state index in [-0.39, 0.29) is 53.3 Å². The van der Waals surface area contributed by atoms with Crippen LogP contribution in [-0.4, -0.2) is 80.8 Å². The van der Waals surface area contributed by atoms with Crippen LogP contribution < -0.4 is 19.1 Å². The average Bonchev–Trinajstić information content (AvgIpc) is 3.29. The third kappa shape index (κ3) is 6.41. The number of hydrogen-bond donors (Lipinski definition) is 2. The van der Waals surface area contributed by atoms with Crippen molar-refractivity contribution in [2.45, 2.75) is 71.1 Å². The Balaban J connectivity index is 1.60. The molecule has 0 bridgehead atoms. The van der Waals surface area contributed by atoms with Crippen molar-refractivity contribution in [3.05, 3.63) is 46.3 Å². The number of aliphatic carboxylic acids is 1. The normalized spacial score (nSPS) is 16.2. The van der Waals surface area contributed by atoms with Gasteiger partial charge in [-0.05, 0) is 48.4 Å². The number of piperidine rings is 1. The fraction of sp³-hybridized carbons (Fsp3) is 0.531. The van der Waals surface area contributed by atoms with Crippen LogP contribution in [0.3, 0.4) is 0 Å². The van der Waals surface area contributed by atoms with Gasteiger partial charge in [0.05, 0.1) is 45.2 Å². The van der Waals surface area contributed by atoms with Crippen molar-refractivity contribution in [2.24, 2.45) is 0 Å². The Labute approximate surface area is 252 Å². The Morgan fingerprint density at radius 3 is 2.26 bits per heavy atom. The molecule has 0 amide bonds. The molecule has 2 heterocycles. The van der Waals surface area contributed by atoms with E-state index in [1.165, 1.54) is 14.2 Å². The molecule has 43 heavy (non-hydrogen) atoms. The summed E-state index contributed by atoms with van der Waals surface area (Å²) in [6.07, 6.45) is 0.673. The first kappa shape index (κ1) is 32.1. The number of ketones is 1. The maximum absolute atomic E-state index is 15.3. The quantitative estimate of drug-likeness (QED) is 0.343. The summed E-state index contributed by atoms with van der Waals surface area (Å²) in [5, 5.41) is 18.1. The van der Waals surface area contributed by atoms with Gasteiger partial charge in [-0.15, -0.1) is 0 Å². The Hall–Kier alpha value is -3.86. The number of hydrogen-bond acceptors (Lipinski definition) is 8. The largest absolute Gasteiger partial charge is 0.494 e. The zero-order chi connectivity index (χ0) is 31.6. The lowest BCUT2D eigenvalue weighted by Crippen LogP contribution is -2.40. The predicted molar refractivity (Wildman–Crippen MR) is 161 cm³/mol. The van der Waals surface area contributed by atoms with Gasteiger partial charge in [-0.25, -0.2) is 9.18 Å². The van der Waals surface area contributed by atoms with Gasteiger partial charge in [-0.3, -0.25) is 10.2 Å². The van der Waals surface area contributed by atoms with Gasteiger partial charge in [-0.2, -0.15) is 0 Å². The molecule has 0 spiro atoms. The zero-order valence-corrected chi connectivity index (χ0v) is 26.0. The second-order valence-corrected chi connectivity index (χ2v) is 12.0. The van der Waals surface area contributed by atoms with Crippen molar-refractivity contribution in [1.82, 2.24) is 4.90 Å². The first-order valence-corrected chi connectivity index (χ1v) is 14.5. The predicted octanol–water partition coefficient (Wildman–Crippen LogP) is 5.02. The van der Waals surface area contributed by atoms with Crippen LogP contribution >= 0.6 is 0 Å². The molecule has 11 heteroatoms. The van der Waals surface area contributed by atoms with E-state index < -0.39 is 17.9 Å². The lowest BCUT2D eigenvalue weighted by molar-refractivity contribution is -0.155. The van der Waals surface area contributed by atoms with Gasteiger partial charge in [0.2, 0.25) is 0 Å². The Kier molecular flexibility index (Phi) is 9.54. The number of carbonyl (C=O) groups excluding carboxylic acids is 1. The number of carboxylic acid groups (broad SMARTS) is 1. The van der Waals surface area contributed by atoms with E-state index in [2.05, 4.69) is 25.7 Å². The van der Waals surface area contributed by atoms with Gasteiger partial charge in [0, 0.05) is 30.8 Å². The summed E-state index contributed by atoms with van der Waals surface area (Å²) >= 11 is 0. The lowest BCUT2D eigenvalue weighted by atomic mass is 9.84. The molecule has 2 aliphatic rings. The molecule has 1 fully saturated rings. The van der Waals surface area contributed by atoms with Crippen molar-refractivity contribution in [3.63, 3.8) is 0 Å². The maximum Gasteiger partial charge on any atom is 0.332 e. The second-order valence-electron chi connectivity index (χ2n) is 12.0. The van der Waals surface area contributed by atoms with Crippen LogP contribution in [0.15, 0.2) is 18.2 Å². The minimum Gasteiger partial charge on any atom is -0.494 e. The topological polar surface area (TPSA) is 122 Å². The average molecular weight is 600 g/mol. The number of carbonyl (C=O) groups is 2. The number of nitrogens with one attached hydrogen (secondary N) is 1. The summed E-state index contributed by atoms with van der Waals surface area (Å²) in [7, 11) is 4.38. The highest BCUT2D eigenvalue weighted by Crippen LogP contribution is 2.42. The van der Waals surface area contributed by atoms with E-state index in [9.17, 15) is 14.7 Å². The molecule has 2 aliphatic heterocycles. The van der Waals surface area contributed by atoms with Gasteiger partial charge in [0.15, 0.2) is 29.2 Å². The van der Waals surface area contributed by atoms with Gasteiger partial charge in [0.25, 0.3) is 0 Å². The van der Waals surface area contributed by atoms with E-state index in [1.807, 2.05) is 12.1 Å². The first-order chi connectivity index (χ1) is 20.3. The number of fused-ring (bicyclic) bond motifs is 1. The highest BCUT2D eigenvalue weighted by atomic mass is 19.1. The number of methoxy groups -OCH3 is 3. The summed E-state index contributed by atoms with van der Waals surface area (Å²) in [6, 6.07) is 5.31. The molecule has 0 saturated carbocycles. The minimum absolute atomic E-state index is 0.0730. The number of amidine groups is 1. The fourth-order valence-corrected chi connectivity index (χ4v) is 5.80. The third-order valence-corrected chi connectivity index (χ3v) is 8.13. The van der Waals surface area contributed by atoms with Crippen LogP contribution in [-0.2, 0) is 21.5 Å². The maximum atomic E-state index is 15.3. The number of carboxylic acids is 1. The lowest BCUT2D eigenvalue weighted by Gasteiger charge is -2.36. The first-order valence-electron chi connectivity index (χ1n) is 14.5. The Morgan fingerprint density at radius 2 is 1.72 bits per heavy atom. The minimum atomic E-state index is -0.956. The van der Waals surface area contributed by atoms with E-state index in [0.717, 1.165) is 11.3 Å². The molecule has 1 unspecified atom stereocenters. The summed E-state index contributed by atoms with van der Waals surface area (Å²) in [4.78, 5) is 28.9. The van der Waals surface area contributed by atoms with E-state index >= 15 is 4.39 Å². The van der Waals surface area contributed by atoms with Gasteiger partial charge < -0.3 is 33.9 Å². The Morgan fingerprint density at radius 1 is 1.07 bits per heavy atom. The second kappa shape index (κ2) is 12.8. The molecule has 234 valence electrons. The third-order valence-electron chi connectivity index (χ3n) is 8.13. The molecule has 2 aromatic rings. The molecule has 1 atom stereocenters. The number of ether oxygens (including phenoxy) is 4. The summed E-state index contributed by atoms with van der Waals surface area (Å²) in [5.41, 5.74) is 2.43. The zero-order valence-electron chi connectivity index (χ0n) is 26.0. The number of halogens is 1. The molecule has 4 rings (SSSR count).